The van der Waals surface area contributed by atoms with Gasteiger partial charge in [-0.15, -0.1) is 0 Å². The van der Waals surface area contributed by atoms with E-state index in [2.05, 4.69) is 278 Å². The molecule has 0 aliphatic heterocycles. The molecule has 342 valence electrons. The summed E-state index contributed by atoms with van der Waals surface area (Å²) in [6, 6.07) is 102. The average molecular weight is 930 g/mol. The summed E-state index contributed by atoms with van der Waals surface area (Å²) in [5.41, 5.74) is 21.6. The molecule has 13 rings (SSSR count). The van der Waals surface area contributed by atoms with Gasteiger partial charge in [-0.25, -0.2) is 9.97 Å². The second-order valence-corrected chi connectivity index (χ2v) is 18.5. The summed E-state index contributed by atoms with van der Waals surface area (Å²) in [7, 11) is 0. The van der Waals surface area contributed by atoms with Crippen LogP contribution < -0.4 is 0 Å². The number of fused-ring (bicyclic) bond motifs is 3. The van der Waals surface area contributed by atoms with Crippen LogP contribution in [0.25, 0.3) is 128 Å². The number of rotatable bonds is 10. The third-order valence-corrected chi connectivity index (χ3v) is 14.0. The standard InChI is InChI=1S/C70H47N3/c1-9-25-48(26-10-1)57-43-63-64-44-58(49-27-11-2-12-28-49)60(51-31-15-4-16-32-51)46-68(64)73(67(63)45-59(57)50-29-13-3-14-30-50)69-61(52-33-17-5-18-34-52)41-56(42-62(69)53-35-19-6-20-36-53)70-71-65(54-37-21-7-22-38-54)47-66(72-70)55-39-23-8-24-40-55/h1-47H. The van der Waals surface area contributed by atoms with Crippen molar-refractivity contribution in [2.45, 2.75) is 0 Å². The van der Waals surface area contributed by atoms with E-state index in [1.54, 1.807) is 0 Å². The van der Waals surface area contributed by atoms with Gasteiger partial charge in [0.05, 0.1) is 28.1 Å². The van der Waals surface area contributed by atoms with Crippen molar-refractivity contribution in [3.05, 3.63) is 285 Å². The lowest BCUT2D eigenvalue weighted by Crippen LogP contribution is -2.03. The highest BCUT2D eigenvalue weighted by atomic mass is 15.0. The molecule has 0 aliphatic rings. The quantitative estimate of drug-likeness (QED) is 0.137. The summed E-state index contributed by atoms with van der Waals surface area (Å²) in [6.45, 7) is 0. The van der Waals surface area contributed by atoms with Gasteiger partial charge in [-0.05, 0) is 98.1 Å². The molecule has 0 saturated carbocycles. The molecule has 0 saturated heterocycles. The summed E-state index contributed by atoms with van der Waals surface area (Å²) in [5.74, 6) is 0.654. The Morgan fingerprint density at radius 3 is 0.781 bits per heavy atom. The molecular weight excluding hydrogens is 883 g/mol. The van der Waals surface area contributed by atoms with E-state index in [0.29, 0.717) is 5.82 Å². The predicted octanol–water partition coefficient (Wildman–Crippen LogP) is 18.6. The molecule has 11 aromatic carbocycles. The van der Waals surface area contributed by atoms with E-state index in [1.165, 1.54) is 33.0 Å². The third-order valence-electron chi connectivity index (χ3n) is 14.0. The van der Waals surface area contributed by atoms with Crippen LogP contribution >= 0.6 is 0 Å². The van der Waals surface area contributed by atoms with Crippen LogP contribution in [-0.4, -0.2) is 14.5 Å². The maximum Gasteiger partial charge on any atom is 0.160 e. The minimum Gasteiger partial charge on any atom is -0.308 e. The molecule has 2 aromatic heterocycles. The monoisotopic (exact) mass is 929 g/mol. The zero-order valence-corrected chi connectivity index (χ0v) is 40.0. The fraction of sp³-hybridized carbons (Fsp3) is 0. The molecule has 0 spiro atoms. The van der Waals surface area contributed by atoms with Crippen LogP contribution in [0.3, 0.4) is 0 Å². The highest BCUT2D eigenvalue weighted by Crippen LogP contribution is 2.48. The Morgan fingerprint density at radius 2 is 0.479 bits per heavy atom. The van der Waals surface area contributed by atoms with Gasteiger partial charge in [-0.2, -0.15) is 0 Å². The summed E-state index contributed by atoms with van der Waals surface area (Å²) in [6.07, 6.45) is 0. The minimum atomic E-state index is 0.654. The van der Waals surface area contributed by atoms with Crippen molar-refractivity contribution in [2.24, 2.45) is 0 Å². The zero-order valence-electron chi connectivity index (χ0n) is 40.0. The Morgan fingerprint density at radius 1 is 0.219 bits per heavy atom. The number of nitrogens with zero attached hydrogens (tertiary/aromatic N) is 3. The van der Waals surface area contributed by atoms with E-state index in [9.17, 15) is 0 Å². The van der Waals surface area contributed by atoms with Crippen LogP contribution in [0.2, 0.25) is 0 Å². The summed E-state index contributed by atoms with van der Waals surface area (Å²) < 4.78 is 2.55. The normalized spacial score (nSPS) is 11.3. The second-order valence-electron chi connectivity index (χ2n) is 18.5. The Labute approximate surface area is 425 Å². The fourth-order valence-electron chi connectivity index (χ4n) is 10.5. The molecule has 3 heteroatoms. The minimum absolute atomic E-state index is 0.654. The first kappa shape index (κ1) is 43.3. The van der Waals surface area contributed by atoms with Gasteiger partial charge in [0, 0.05) is 38.6 Å². The van der Waals surface area contributed by atoms with Crippen LogP contribution in [0.4, 0.5) is 0 Å². The molecule has 0 bridgehead atoms. The van der Waals surface area contributed by atoms with Crippen LogP contribution in [-0.2, 0) is 0 Å². The lowest BCUT2D eigenvalue weighted by atomic mass is 9.91. The fourth-order valence-corrected chi connectivity index (χ4v) is 10.5. The smallest absolute Gasteiger partial charge is 0.160 e. The maximum absolute atomic E-state index is 5.41. The van der Waals surface area contributed by atoms with Crippen molar-refractivity contribution in [2.75, 3.05) is 0 Å². The molecule has 0 unspecified atom stereocenters. The molecule has 13 aromatic rings. The number of hydrogen-bond acceptors (Lipinski definition) is 2. The van der Waals surface area contributed by atoms with Crippen molar-refractivity contribution >= 4 is 21.8 Å². The van der Waals surface area contributed by atoms with E-state index in [4.69, 9.17) is 9.97 Å². The lowest BCUT2D eigenvalue weighted by Gasteiger charge is -2.22. The van der Waals surface area contributed by atoms with E-state index in [0.717, 1.165) is 89.3 Å². The summed E-state index contributed by atoms with van der Waals surface area (Å²) in [5, 5.41) is 2.33. The Hall–Kier alpha value is -9.70. The molecule has 0 fully saturated rings. The Bertz CT molecular complexity index is 3810. The topological polar surface area (TPSA) is 30.7 Å². The van der Waals surface area contributed by atoms with Crippen LogP contribution in [0.5, 0.6) is 0 Å². The van der Waals surface area contributed by atoms with Crippen molar-refractivity contribution in [1.29, 1.82) is 0 Å². The molecule has 2 heterocycles. The van der Waals surface area contributed by atoms with Crippen molar-refractivity contribution in [3.63, 3.8) is 0 Å². The first-order valence-corrected chi connectivity index (χ1v) is 24.9. The largest absolute Gasteiger partial charge is 0.308 e. The first-order chi connectivity index (χ1) is 36.2. The summed E-state index contributed by atoms with van der Waals surface area (Å²) in [4.78, 5) is 10.8. The predicted molar refractivity (Wildman–Crippen MR) is 305 cm³/mol. The molecule has 0 N–H and O–H groups in total. The molecule has 3 nitrogen and oxygen atoms in total. The van der Waals surface area contributed by atoms with Gasteiger partial charge in [0.25, 0.3) is 0 Å². The average Bonchev–Trinajstić information content (AvgIpc) is 3.79. The van der Waals surface area contributed by atoms with Crippen molar-refractivity contribution in [1.82, 2.24) is 14.5 Å². The van der Waals surface area contributed by atoms with E-state index in [-0.39, 0.29) is 0 Å². The second kappa shape index (κ2) is 18.9. The number of aromatic nitrogens is 3. The molecule has 0 radical (unpaired) electrons. The Kier molecular flexibility index (Phi) is 11.2. The molecule has 73 heavy (non-hydrogen) atoms. The number of hydrogen-bond donors (Lipinski definition) is 0. The van der Waals surface area contributed by atoms with Gasteiger partial charge in [-0.1, -0.05) is 243 Å². The third kappa shape index (κ3) is 8.19. The van der Waals surface area contributed by atoms with Crippen LogP contribution in [0, 0.1) is 0 Å². The Balaban J connectivity index is 1.20. The van der Waals surface area contributed by atoms with E-state index >= 15 is 0 Å². The van der Waals surface area contributed by atoms with Gasteiger partial charge >= 0.3 is 0 Å². The van der Waals surface area contributed by atoms with Crippen molar-refractivity contribution < 1.29 is 0 Å². The van der Waals surface area contributed by atoms with Gasteiger partial charge in [-0.3, -0.25) is 0 Å². The highest BCUT2D eigenvalue weighted by Gasteiger charge is 2.26. The van der Waals surface area contributed by atoms with Gasteiger partial charge in [0.1, 0.15) is 0 Å². The van der Waals surface area contributed by atoms with Gasteiger partial charge < -0.3 is 4.57 Å². The molecular formula is C70H47N3. The first-order valence-electron chi connectivity index (χ1n) is 24.9. The highest BCUT2D eigenvalue weighted by molar-refractivity contribution is 6.16. The van der Waals surface area contributed by atoms with E-state index < -0.39 is 0 Å². The SMILES string of the molecule is c1ccc(-c2cc(-c3ccccc3)nc(-c3cc(-c4ccccc4)c(-n4c5cc(-c6ccccc6)c(-c6ccccc6)cc5c5cc(-c6ccccc6)c(-c6ccccc6)cc54)c(-c4ccccc4)c3)n2)cc1. The lowest BCUT2D eigenvalue weighted by molar-refractivity contribution is 1.17. The summed E-state index contributed by atoms with van der Waals surface area (Å²) >= 11 is 0. The maximum atomic E-state index is 5.41. The molecule has 0 aliphatic carbocycles. The van der Waals surface area contributed by atoms with Crippen LogP contribution in [0.1, 0.15) is 0 Å². The molecule has 0 atom stereocenters. The van der Waals surface area contributed by atoms with Crippen LogP contribution in [0.15, 0.2) is 285 Å². The zero-order chi connectivity index (χ0) is 48.5. The number of benzene rings is 11. The van der Waals surface area contributed by atoms with Crippen molar-refractivity contribution in [3.8, 4) is 106 Å². The van der Waals surface area contributed by atoms with Gasteiger partial charge in [0.15, 0.2) is 5.82 Å². The molecule has 0 amide bonds. The van der Waals surface area contributed by atoms with E-state index in [1.807, 2.05) is 12.1 Å². The van der Waals surface area contributed by atoms with Gasteiger partial charge in [0.2, 0.25) is 0 Å².